The number of aryl methyl sites for hydroxylation is 1. The molecule has 230 valence electrons. The Morgan fingerprint density at radius 2 is 1.65 bits per heavy atom. The molecule has 11 nitrogen and oxygen atoms in total. The third-order valence-electron chi connectivity index (χ3n) is 6.68. The number of carbonyl (C=O) groups excluding carboxylic acids is 2. The minimum Gasteiger partial charge on any atom is -0.497 e. The molecule has 0 aliphatic rings. The molecule has 0 saturated carbocycles. The van der Waals surface area contributed by atoms with Crippen molar-refractivity contribution in [3.63, 3.8) is 0 Å². The zero-order chi connectivity index (χ0) is 31.9. The smallest absolute Gasteiger partial charge is 0.273 e. The fourth-order valence-electron chi connectivity index (χ4n) is 4.50. The van der Waals surface area contributed by atoms with Crippen LogP contribution in [0.25, 0.3) is 0 Å². The number of rotatable bonds is 12. The van der Waals surface area contributed by atoms with Crippen LogP contribution < -0.4 is 14.4 Å². The Kier molecular flexibility index (Phi) is 10.5. The molecule has 0 unspecified atom stereocenters. The van der Waals surface area contributed by atoms with Gasteiger partial charge in [0.1, 0.15) is 18.3 Å². The van der Waals surface area contributed by atoms with Gasteiger partial charge in [-0.2, -0.15) is 0 Å². The highest BCUT2D eigenvalue weighted by atomic mass is 32.2. The fraction of sp³-hybridized carbons (Fsp3) is 0.355. The van der Waals surface area contributed by atoms with E-state index in [-0.39, 0.29) is 35.1 Å². The van der Waals surface area contributed by atoms with Crippen LogP contribution in [0, 0.1) is 17.0 Å². The summed E-state index contributed by atoms with van der Waals surface area (Å²) in [6.07, 6.45) is 0.278. The number of hydrogen-bond acceptors (Lipinski definition) is 7. The number of nitrogens with one attached hydrogen (secondary N) is 1. The first-order valence-corrected chi connectivity index (χ1v) is 15.2. The van der Waals surface area contributed by atoms with E-state index in [0.717, 1.165) is 15.9 Å². The lowest BCUT2D eigenvalue weighted by Crippen LogP contribution is -2.55. The van der Waals surface area contributed by atoms with Crippen LogP contribution in [-0.2, 0) is 26.2 Å². The molecule has 0 bridgehead atoms. The molecule has 3 rings (SSSR count). The van der Waals surface area contributed by atoms with Crippen LogP contribution in [0.3, 0.4) is 0 Å². The Bertz CT molecular complexity index is 1550. The normalized spacial score (nSPS) is 12.2. The molecule has 0 spiro atoms. The van der Waals surface area contributed by atoms with E-state index < -0.39 is 39.0 Å². The molecule has 0 radical (unpaired) electrons. The third-order valence-corrected chi connectivity index (χ3v) is 8.45. The largest absolute Gasteiger partial charge is 0.497 e. The Morgan fingerprint density at radius 1 is 1.02 bits per heavy atom. The number of ether oxygens (including phenoxy) is 1. The number of sulfonamides is 1. The van der Waals surface area contributed by atoms with Gasteiger partial charge in [0.25, 0.3) is 15.7 Å². The second-order valence-electron chi connectivity index (χ2n) is 11.1. The average Bonchev–Trinajstić information content (AvgIpc) is 2.95. The minimum absolute atomic E-state index is 0.0578. The molecular weight excluding hydrogens is 572 g/mol. The average molecular weight is 611 g/mol. The Balaban J connectivity index is 2.12. The van der Waals surface area contributed by atoms with Crippen LogP contribution in [0.15, 0.2) is 77.7 Å². The first-order valence-electron chi connectivity index (χ1n) is 13.7. The minimum atomic E-state index is -4.49. The summed E-state index contributed by atoms with van der Waals surface area (Å²) < 4.78 is 34.3. The van der Waals surface area contributed by atoms with Crippen molar-refractivity contribution in [2.45, 2.75) is 64.1 Å². The van der Waals surface area contributed by atoms with Crippen LogP contribution >= 0.6 is 0 Å². The number of anilines is 1. The highest BCUT2D eigenvalue weighted by Crippen LogP contribution is 2.29. The number of methoxy groups -OCH3 is 1. The Hall–Kier alpha value is -4.45. The van der Waals surface area contributed by atoms with Crippen molar-refractivity contribution >= 4 is 33.2 Å². The van der Waals surface area contributed by atoms with E-state index in [1.54, 1.807) is 19.1 Å². The van der Waals surface area contributed by atoms with Crippen molar-refractivity contribution in [1.29, 1.82) is 0 Å². The number of nitro groups is 1. The number of carbonyl (C=O) groups is 2. The van der Waals surface area contributed by atoms with E-state index in [0.29, 0.717) is 11.3 Å². The van der Waals surface area contributed by atoms with Gasteiger partial charge in [0.15, 0.2) is 0 Å². The summed E-state index contributed by atoms with van der Waals surface area (Å²) >= 11 is 0. The highest BCUT2D eigenvalue weighted by molar-refractivity contribution is 7.92. The predicted molar refractivity (Wildman–Crippen MR) is 164 cm³/mol. The second-order valence-corrected chi connectivity index (χ2v) is 12.9. The fourth-order valence-corrected chi connectivity index (χ4v) is 5.94. The first-order chi connectivity index (χ1) is 20.2. The number of nitro benzene ring substituents is 1. The molecule has 0 aromatic heterocycles. The third kappa shape index (κ3) is 8.31. The predicted octanol–water partition coefficient (Wildman–Crippen LogP) is 4.83. The van der Waals surface area contributed by atoms with E-state index in [1.165, 1.54) is 43.2 Å². The van der Waals surface area contributed by atoms with Gasteiger partial charge in [0, 0.05) is 23.7 Å². The lowest BCUT2D eigenvalue weighted by molar-refractivity contribution is -0.385. The number of amides is 2. The lowest BCUT2D eigenvalue weighted by Gasteiger charge is -2.34. The summed E-state index contributed by atoms with van der Waals surface area (Å²) in [4.78, 5) is 39.5. The summed E-state index contributed by atoms with van der Waals surface area (Å²) in [5, 5.41) is 14.5. The van der Waals surface area contributed by atoms with E-state index in [2.05, 4.69) is 5.32 Å². The SMILES string of the molecule is CC[C@H](C(=O)NC(C)(C)C)N(Cc1ccccc1)C(=O)CN(c1ccc(OC)cc1)S(=O)(=O)c1ccc(C)c([N+](=O)[O-])c1. The van der Waals surface area contributed by atoms with Crippen LogP contribution in [0.5, 0.6) is 5.75 Å². The van der Waals surface area contributed by atoms with Crippen molar-refractivity contribution in [3.05, 3.63) is 94.0 Å². The molecule has 43 heavy (non-hydrogen) atoms. The van der Waals surface area contributed by atoms with E-state index >= 15 is 0 Å². The maximum Gasteiger partial charge on any atom is 0.273 e. The number of benzene rings is 3. The van der Waals surface area contributed by atoms with Crippen LogP contribution in [-0.4, -0.2) is 55.3 Å². The molecule has 0 saturated heterocycles. The van der Waals surface area contributed by atoms with Gasteiger partial charge >= 0.3 is 0 Å². The first kappa shape index (κ1) is 33.1. The highest BCUT2D eigenvalue weighted by Gasteiger charge is 2.35. The maximum atomic E-state index is 14.1. The van der Waals surface area contributed by atoms with Gasteiger partial charge in [-0.25, -0.2) is 8.42 Å². The van der Waals surface area contributed by atoms with Gasteiger partial charge < -0.3 is 15.0 Å². The molecule has 3 aromatic carbocycles. The number of nitrogens with zero attached hydrogens (tertiary/aromatic N) is 3. The Labute approximate surface area is 252 Å². The molecular formula is C31H38N4O7S. The second kappa shape index (κ2) is 13.7. The van der Waals surface area contributed by atoms with E-state index in [1.807, 2.05) is 51.1 Å². The molecule has 0 heterocycles. The van der Waals surface area contributed by atoms with Crippen molar-refractivity contribution < 1.29 is 27.7 Å². The van der Waals surface area contributed by atoms with Gasteiger partial charge in [-0.05, 0) is 70.0 Å². The molecule has 1 N–H and O–H groups in total. The van der Waals surface area contributed by atoms with Gasteiger partial charge in [0.05, 0.1) is 22.6 Å². The Morgan fingerprint density at radius 3 is 2.19 bits per heavy atom. The summed E-state index contributed by atoms with van der Waals surface area (Å²) in [5.74, 6) is -0.526. The molecule has 2 amide bonds. The van der Waals surface area contributed by atoms with E-state index in [4.69, 9.17) is 4.74 Å². The van der Waals surface area contributed by atoms with Crippen molar-refractivity contribution in [2.75, 3.05) is 18.0 Å². The molecule has 3 aromatic rings. The zero-order valence-electron chi connectivity index (χ0n) is 25.2. The van der Waals surface area contributed by atoms with Crippen LogP contribution in [0.1, 0.15) is 45.2 Å². The van der Waals surface area contributed by atoms with Crippen molar-refractivity contribution in [1.82, 2.24) is 10.2 Å². The monoisotopic (exact) mass is 610 g/mol. The summed E-state index contributed by atoms with van der Waals surface area (Å²) in [5.41, 5.74) is 0.262. The molecule has 0 fully saturated rings. The van der Waals surface area contributed by atoms with Gasteiger partial charge in [-0.1, -0.05) is 43.3 Å². The van der Waals surface area contributed by atoms with Gasteiger partial charge in [0.2, 0.25) is 11.8 Å². The maximum absolute atomic E-state index is 14.1. The quantitative estimate of drug-likeness (QED) is 0.229. The topological polar surface area (TPSA) is 139 Å². The van der Waals surface area contributed by atoms with Gasteiger partial charge in [-0.15, -0.1) is 0 Å². The molecule has 0 aliphatic carbocycles. The summed E-state index contributed by atoms with van der Waals surface area (Å²) in [6.45, 7) is 8.18. The summed E-state index contributed by atoms with van der Waals surface area (Å²) in [7, 11) is -3.02. The zero-order valence-corrected chi connectivity index (χ0v) is 26.1. The summed E-state index contributed by atoms with van der Waals surface area (Å²) in [6, 6.07) is 17.9. The standard InChI is InChI=1S/C31H38N4O7S/c1-7-27(30(37)32-31(3,4)5)33(20-23-11-9-8-10-12-23)29(36)21-34(24-14-16-25(42-6)17-15-24)43(40,41)26-18-13-22(2)28(19-26)35(38)39/h8-19,27H,7,20-21H2,1-6H3,(H,32,37)/t27-/m1/s1. The van der Waals surface area contributed by atoms with Gasteiger partial charge in [-0.3, -0.25) is 24.0 Å². The van der Waals surface area contributed by atoms with Crippen LogP contribution in [0.2, 0.25) is 0 Å². The lowest BCUT2D eigenvalue weighted by atomic mass is 10.1. The number of hydrogen-bond donors (Lipinski definition) is 1. The van der Waals surface area contributed by atoms with Crippen molar-refractivity contribution in [2.24, 2.45) is 0 Å². The van der Waals surface area contributed by atoms with Crippen molar-refractivity contribution in [3.8, 4) is 5.75 Å². The molecule has 12 heteroatoms. The molecule has 1 atom stereocenters. The van der Waals surface area contributed by atoms with Crippen LogP contribution in [0.4, 0.5) is 11.4 Å². The van der Waals surface area contributed by atoms with E-state index in [9.17, 15) is 28.1 Å². The molecule has 0 aliphatic heterocycles.